The van der Waals surface area contributed by atoms with Crippen LogP contribution in [0.2, 0.25) is 0 Å². The van der Waals surface area contributed by atoms with Crippen LogP contribution in [0.4, 0.5) is 0 Å². The number of hydrogen-bond donors (Lipinski definition) is 0. The molecule has 0 spiro atoms. The molecule has 3 saturated carbocycles. The topological polar surface area (TPSA) is 66.4 Å². The van der Waals surface area contributed by atoms with Crippen LogP contribution in [0.1, 0.15) is 52.8 Å². The summed E-state index contributed by atoms with van der Waals surface area (Å²) in [4.78, 5) is 23.2. The molecule has 4 rings (SSSR count). The van der Waals surface area contributed by atoms with Crippen molar-refractivity contribution in [1.29, 1.82) is 0 Å². The molecule has 0 amide bonds. The highest BCUT2D eigenvalue weighted by Gasteiger charge is 2.38. The van der Waals surface area contributed by atoms with E-state index in [1.165, 1.54) is 25.0 Å². The number of carbonyl (C=O) groups is 2. The van der Waals surface area contributed by atoms with Gasteiger partial charge in [0.2, 0.25) is 0 Å². The first kappa shape index (κ1) is 13.2. The van der Waals surface area contributed by atoms with Crippen molar-refractivity contribution in [3.05, 3.63) is 35.4 Å². The van der Waals surface area contributed by atoms with Crippen LogP contribution in [0, 0.1) is 11.8 Å². The Hall–Kier alpha value is -1.84. The lowest BCUT2D eigenvalue weighted by Gasteiger charge is -2.41. The molecule has 1 atom stereocenters. The lowest BCUT2D eigenvalue weighted by Crippen LogP contribution is -2.38. The van der Waals surface area contributed by atoms with Gasteiger partial charge in [0.25, 0.3) is 0 Å². The maximum Gasteiger partial charge on any atom is 0.339 e. The summed E-state index contributed by atoms with van der Waals surface area (Å²) in [5.41, 5.74) is -0.00702. The fourth-order valence-corrected chi connectivity index (χ4v) is 3.50. The lowest BCUT2D eigenvalue weighted by molar-refractivity contribution is -0.255. The zero-order chi connectivity index (χ0) is 14.1. The van der Waals surface area contributed by atoms with E-state index < -0.39 is 11.9 Å². The van der Waals surface area contributed by atoms with E-state index in [-0.39, 0.29) is 17.2 Å². The molecule has 3 aliphatic rings. The SMILES string of the molecule is O=C([O-])c1ccccc1C(=O)O[C@@H]1CC2CCC1CC2. The number of carbonyl (C=O) groups excluding carboxylic acids is 2. The van der Waals surface area contributed by atoms with Gasteiger partial charge in [0.15, 0.2) is 0 Å². The molecule has 106 valence electrons. The number of hydrogen-bond acceptors (Lipinski definition) is 4. The minimum absolute atomic E-state index is 0.0511. The van der Waals surface area contributed by atoms with Crippen molar-refractivity contribution >= 4 is 11.9 Å². The Balaban J connectivity index is 1.75. The molecule has 1 aromatic carbocycles. The third kappa shape index (κ3) is 2.42. The Bertz CT molecular complexity index is 529. The molecule has 0 heterocycles. The van der Waals surface area contributed by atoms with Crippen LogP contribution in [-0.2, 0) is 4.74 Å². The van der Waals surface area contributed by atoms with Crippen LogP contribution in [0.5, 0.6) is 0 Å². The first-order valence-corrected chi connectivity index (χ1v) is 7.16. The summed E-state index contributed by atoms with van der Waals surface area (Å²) in [6.07, 6.45) is 5.56. The van der Waals surface area contributed by atoms with Crippen LogP contribution in [0.25, 0.3) is 0 Å². The molecule has 0 N–H and O–H groups in total. The fraction of sp³-hybridized carbons (Fsp3) is 0.500. The average Bonchev–Trinajstić information content (AvgIpc) is 2.48. The van der Waals surface area contributed by atoms with Crippen LogP contribution in [0.15, 0.2) is 24.3 Å². The monoisotopic (exact) mass is 273 g/mol. The third-order valence-corrected chi connectivity index (χ3v) is 4.61. The van der Waals surface area contributed by atoms with Crippen molar-refractivity contribution in [2.45, 2.75) is 38.2 Å². The number of ether oxygens (including phenoxy) is 1. The highest BCUT2D eigenvalue weighted by atomic mass is 16.5. The van der Waals surface area contributed by atoms with Crippen LogP contribution < -0.4 is 5.11 Å². The number of aromatic carboxylic acids is 1. The smallest absolute Gasteiger partial charge is 0.339 e. The fourth-order valence-electron chi connectivity index (χ4n) is 3.50. The predicted molar refractivity (Wildman–Crippen MR) is 70.0 cm³/mol. The van der Waals surface area contributed by atoms with Crippen LogP contribution in [-0.4, -0.2) is 18.0 Å². The van der Waals surface area contributed by atoms with E-state index in [4.69, 9.17) is 4.74 Å². The van der Waals surface area contributed by atoms with Gasteiger partial charge in [-0.3, -0.25) is 0 Å². The van der Waals surface area contributed by atoms with E-state index >= 15 is 0 Å². The zero-order valence-corrected chi connectivity index (χ0v) is 11.2. The van der Waals surface area contributed by atoms with Crippen molar-refractivity contribution in [2.75, 3.05) is 0 Å². The molecular formula is C16H17O4-. The number of esters is 1. The van der Waals surface area contributed by atoms with Crippen molar-refractivity contribution in [1.82, 2.24) is 0 Å². The molecular weight excluding hydrogens is 256 g/mol. The molecule has 0 aliphatic heterocycles. The first-order chi connectivity index (χ1) is 9.65. The molecule has 4 nitrogen and oxygen atoms in total. The molecule has 4 heteroatoms. The summed E-state index contributed by atoms with van der Waals surface area (Å²) in [7, 11) is 0. The van der Waals surface area contributed by atoms with Gasteiger partial charge in [0, 0.05) is 5.56 Å². The third-order valence-electron chi connectivity index (χ3n) is 4.61. The molecule has 0 aromatic heterocycles. The Kier molecular flexibility index (Phi) is 3.47. The van der Waals surface area contributed by atoms with E-state index in [2.05, 4.69) is 0 Å². The summed E-state index contributed by atoms with van der Waals surface area (Å²) in [6.45, 7) is 0. The van der Waals surface area contributed by atoms with Gasteiger partial charge in [-0.2, -0.15) is 0 Å². The molecule has 3 aliphatic carbocycles. The van der Waals surface area contributed by atoms with Crippen LogP contribution >= 0.6 is 0 Å². The maximum atomic E-state index is 12.2. The number of carboxylic acid groups (broad SMARTS) is 1. The molecule has 2 bridgehead atoms. The van der Waals surface area contributed by atoms with Gasteiger partial charge < -0.3 is 14.6 Å². The van der Waals surface area contributed by atoms with Crippen molar-refractivity contribution in [3.8, 4) is 0 Å². The van der Waals surface area contributed by atoms with Crippen molar-refractivity contribution in [2.24, 2.45) is 11.8 Å². The molecule has 20 heavy (non-hydrogen) atoms. The Morgan fingerprint density at radius 2 is 1.70 bits per heavy atom. The van der Waals surface area contributed by atoms with Gasteiger partial charge in [0.1, 0.15) is 6.10 Å². The zero-order valence-electron chi connectivity index (χ0n) is 11.2. The summed E-state index contributed by atoms with van der Waals surface area (Å²) in [5.74, 6) is -0.779. The molecule has 0 saturated heterocycles. The van der Waals surface area contributed by atoms with E-state index in [1.54, 1.807) is 12.1 Å². The highest BCUT2D eigenvalue weighted by Crippen LogP contribution is 2.42. The van der Waals surface area contributed by atoms with Crippen molar-refractivity contribution in [3.63, 3.8) is 0 Å². The summed E-state index contributed by atoms with van der Waals surface area (Å²) in [6, 6.07) is 6.06. The van der Waals surface area contributed by atoms with Gasteiger partial charge in [-0.05, 0) is 50.0 Å². The van der Waals surface area contributed by atoms with Gasteiger partial charge >= 0.3 is 5.97 Å². The van der Waals surface area contributed by atoms with Crippen molar-refractivity contribution < 1.29 is 19.4 Å². The first-order valence-electron chi connectivity index (χ1n) is 7.16. The Labute approximate surface area is 117 Å². The molecule has 1 aromatic rings. The number of fused-ring (bicyclic) bond motifs is 3. The molecule has 0 unspecified atom stereocenters. The minimum Gasteiger partial charge on any atom is -0.545 e. The van der Waals surface area contributed by atoms with E-state index in [1.807, 2.05) is 0 Å². The second-order valence-corrected chi connectivity index (χ2v) is 5.79. The predicted octanol–water partition coefficient (Wildman–Crippen LogP) is 1.79. The maximum absolute atomic E-state index is 12.2. The van der Waals surface area contributed by atoms with E-state index in [9.17, 15) is 14.7 Å². The normalized spacial score (nSPS) is 28.1. The Morgan fingerprint density at radius 3 is 2.25 bits per heavy atom. The Morgan fingerprint density at radius 1 is 1.05 bits per heavy atom. The summed E-state index contributed by atoms with van der Waals surface area (Å²) in [5, 5.41) is 11.0. The summed E-state index contributed by atoms with van der Waals surface area (Å²) < 4.78 is 5.57. The van der Waals surface area contributed by atoms with E-state index in [0.717, 1.165) is 19.3 Å². The minimum atomic E-state index is -1.34. The second-order valence-electron chi connectivity index (χ2n) is 5.79. The quantitative estimate of drug-likeness (QED) is 0.787. The lowest BCUT2D eigenvalue weighted by atomic mass is 9.69. The largest absolute Gasteiger partial charge is 0.545 e. The average molecular weight is 273 g/mol. The number of carboxylic acids is 1. The van der Waals surface area contributed by atoms with Crippen LogP contribution in [0.3, 0.4) is 0 Å². The van der Waals surface area contributed by atoms with Gasteiger partial charge in [0.05, 0.1) is 11.5 Å². The second kappa shape index (κ2) is 5.27. The standard InChI is InChI=1S/C16H18O4/c17-15(18)12-3-1-2-4-13(12)16(19)20-14-9-10-5-7-11(14)8-6-10/h1-4,10-11,14H,5-9H2,(H,17,18)/p-1/t10?,11?,14-/m1/s1. The molecule has 0 radical (unpaired) electrons. The summed E-state index contributed by atoms with van der Waals surface area (Å²) >= 11 is 0. The van der Waals surface area contributed by atoms with Gasteiger partial charge in [-0.25, -0.2) is 4.79 Å². The van der Waals surface area contributed by atoms with Gasteiger partial charge in [-0.15, -0.1) is 0 Å². The highest BCUT2D eigenvalue weighted by molar-refractivity contribution is 6.01. The molecule has 3 fully saturated rings. The number of benzene rings is 1. The van der Waals surface area contributed by atoms with Gasteiger partial charge in [-0.1, -0.05) is 18.2 Å². The van der Waals surface area contributed by atoms with E-state index in [0.29, 0.717) is 11.8 Å². The number of rotatable bonds is 3.